The molecule has 1 amide bonds. The molecule has 0 aliphatic carbocycles. The molecule has 5 aromatic rings. The first kappa shape index (κ1) is 22.1. The Morgan fingerprint density at radius 3 is 2.91 bits per heavy atom. The molecule has 0 bridgehead atoms. The molecule has 0 unspecified atom stereocenters. The standard InChI is InChI=1S/C23H17FN4O4S2/c1-13-8-20-25-15(10-22(30)28(20)32-13)12-33-23-27-17-7-6-14(9-19(17)34-23)26-21(29)11-31-18-5-3-2-4-16(18)24/h2-10H,11-12H2,1H3,(H,26,29). The molecule has 0 aliphatic heterocycles. The first-order valence-electron chi connectivity index (χ1n) is 10.1. The van der Waals surface area contributed by atoms with E-state index in [1.54, 1.807) is 31.2 Å². The highest BCUT2D eigenvalue weighted by molar-refractivity contribution is 8.00. The van der Waals surface area contributed by atoms with Crippen molar-refractivity contribution in [3.8, 4) is 5.75 Å². The van der Waals surface area contributed by atoms with Crippen LogP contribution in [0.1, 0.15) is 11.5 Å². The van der Waals surface area contributed by atoms with Crippen molar-refractivity contribution in [2.75, 3.05) is 11.9 Å². The number of hydrogen-bond acceptors (Lipinski definition) is 8. The highest BCUT2D eigenvalue weighted by atomic mass is 32.2. The van der Waals surface area contributed by atoms with E-state index in [9.17, 15) is 14.0 Å². The van der Waals surface area contributed by atoms with Crippen molar-refractivity contribution in [2.45, 2.75) is 17.0 Å². The van der Waals surface area contributed by atoms with Crippen LogP contribution in [-0.2, 0) is 10.5 Å². The predicted octanol–water partition coefficient (Wildman–Crippen LogP) is 4.65. The zero-order valence-electron chi connectivity index (χ0n) is 17.8. The minimum Gasteiger partial charge on any atom is -0.481 e. The van der Waals surface area contributed by atoms with E-state index in [4.69, 9.17) is 9.26 Å². The summed E-state index contributed by atoms with van der Waals surface area (Å²) >= 11 is 2.95. The van der Waals surface area contributed by atoms with E-state index in [1.165, 1.54) is 45.9 Å². The molecule has 8 nitrogen and oxygen atoms in total. The molecule has 172 valence electrons. The molecule has 5 rings (SSSR count). The number of thiazole rings is 1. The fourth-order valence-electron chi connectivity index (χ4n) is 3.23. The number of ether oxygens (including phenoxy) is 1. The van der Waals surface area contributed by atoms with Gasteiger partial charge in [0.1, 0.15) is 5.76 Å². The number of carbonyl (C=O) groups excluding carboxylic acids is 1. The van der Waals surface area contributed by atoms with Crippen LogP contribution in [0.3, 0.4) is 0 Å². The number of carbonyl (C=O) groups is 1. The molecule has 34 heavy (non-hydrogen) atoms. The van der Waals surface area contributed by atoms with Gasteiger partial charge in [-0.15, -0.1) is 15.9 Å². The number of nitrogens with zero attached hydrogens (tertiary/aromatic N) is 3. The molecule has 0 saturated carbocycles. The normalized spacial score (nSPS) is 11.2. The van der Waals surface area contributed by atoms with Gasteiger partial charge in [-0.25, -0.2) is 14.4 Å². The summed E-state index contributed by atoms with van der Waals surface area (Å²) in [6, 6.07) is 14.5. The lowest BCUT2D eigenvalue weighted by Crippen LogP contribution is -2.20. The fourth-order valence-corrected chi connectivity index (χ4v) is 5.23. The molecule has 2 aromatic carbocycles. The Balaban J connectivity index is 1.23. The van der Waals surface area contributed by atoms with Crippen molar-refractivity contribution in [2.24, 2.45) is 0 Å². The van der Waals surface area contributed by atoms with Gasteiger partial charge in [-0.1, -0.05) is 23.9 Å². The molecule has 0 fully saturated rings. The third-order valence-electron chi connectivity index (χ3n) is 4.72. The van der Waals surface area contributed by atoms with Gasteiger partial charge in [-0.2, -0.15) is 0 Å². The number of anilines is 1. The van der Waals surface area contributed by atoms with E-state index in [0.29, 0.717) is 28.5 Å². The summed E-state index contributed by atoms with van der Waals surface area (Å²) in [5.41, 5.74) is 2.23. The Hall–Kier alpha value is -3.70. The molecule has 0 aliphatic rings. The smallest absolute Gasteiger partial charge is 0.287 e. The Morgan fingerprint density at radius 1 is 1.21 bits per heavy atom. The molecule has 3 heterocycles. The lowest BCUT2D eigenvalue weighted by Gasteiger charge is -2.08. The van der Waals surface area contributed by atoms with Crippen LogP contribution in [0.15, 0.2) is 68.3 Å². The number of fused-ring (bicyclic) bond motifs is 2. The molecule has 0 spiro atoms. The van der Waals surface area contributed by atoms with Crippen molar-refractivity contribution < 1.29 is 18.4 Å². The van der Waals surface area contributed by atoms with E-state index in [0.717, 1.165) is 14.6 Å². The van der Waals surface area contributed by atoms with Crippen molar-refractivity contribution in [3.05, 3.63) is 82.2 Å². The van der Waals surface area contributed by atoms with E-state index in [1.807, 2.05) is 12.1 Å². The summed E-state index contributed by atoms with van der Waals surface area (Å²) in [5, 5.41) is 2.75. The Kier molecular flexibility index (Phi) is 6.03. The van der Waals surface area contributed by atoms with Gasteiger partial charge in [-0.3, -0.25) is 9.59 Å². The van der Waals surface area contributed by atoms with Crippen LogP contribution < -0.4 is 15.6 Å². The predicted molar refractivity (Wildman–Crippen MR) is 128 cm³/mol. The Labute approximate surface area is 200 Å². The van der Waals surface area contributed by atoms with E-state index in [2.05, 4.69) is 15.3 Å². The molecule has 0 saturated heterocycles. The number of nitrogens with one attached hydrogen (secondary N) is 1. The van der Waals surface area contributed by atoms with Crippen LogP contribution in [-0.4, -0.2) is 27.1 Å². The summed E-state index contributed by atoms with van der Waals surface area (Å²) in [7, 11) is 0. The number of benzene rings is 2. The van der Waals surface area contributed by atoms with Gasteiger partial charge < -0.3 is 14.6 Å². The number of aromatic nitrogens is 3. The SMILES string of the molecule is Cc1cc2nc(CSc3nc4ccc(NC(=O)COc5ccccc5F)cc4s3)cc(=O)n2o1. The van der Waals surface area contributed by atoms with Gasteiger partial charge in [0.25, 0.3) is 11.5 Å². The summed E-state index contributed by atoms with van der Waals surface area (Å²) < 4.78 is 27.0. The minimum absolute atomic E-state index is 0.0245. The number of aryl methyl sites for hydroxylation is 1. The topological polar surface area (TPSA) is 98.7 Å². The second kappa shape index (κ2) is 9.27. The van der Waals surface area contributed by atoms with Crippen molar-refractivity contribution in [1.82, 2.24) is 14.5 Å². The van der Waals surface area contributed by atoms with Gasteiger partial charge in [-0.05, 0) is 37.3 Å². The summed E-state index contributed by atoms with van der Waals surface area (Å²) in [5.74, 6) is 0.196. The molecular weight excluding hydrogens is 479 g/mol. The highest BCUT2D eigenvalue weighted by Gasteiger charge is 2.11. The van der Waals surface area contributed by atoms with Crippen LogP contribution in [0, 0.1) is 12.7 Å². The number of rotatable bonds is 7. The third-order valence-corrected chi connectivity index (χ3v) is 6.91. The Bertz CT molecular complexity index is 1580. The second-order valence-corrected chi connectivity index (χ2v) is 9.56. The average Bonchev–Trinajstić information content (AvgIpc) is 3.39. The number of para-hydroxylation sites is 1. The number of hydrogen-bond donors (Lipinski definition) is 1. The quantitative estimate of drug-likeness (QED) is 0.327. The zero-order valence-corrected chi connectivity index (χ0v) is 19.4. The number of amides is 1. The van der Waals surface area contributed by atoms with Crippen LogP contribution in [0.5, 0.6) is 5.75 Å². The average molecular weight is 497 g/mol. The fraction of sp³-hybridized carbons (Fsp3) is 0.130. The monoisotopic (exact) mass is 496 g/mol. The lowest BCUT2D eigenvalue weighted by molar-refractivity contribution is -0.118. The van der Waals surface area contributed by atoms with Gasteiger partial charge in [0.2, 0.25) is 0 Å². The molecule has 1 N–H and O–H groups in total. The van der Waals surface area contributed by atoms with E-state index in [-0.39, 0.29) is 17.9 Å². The second-order valence-electron chi connectivity index (χ2n) is 7.30. The van der Waals surface area contributed by atoms with Crippen LogP contribution in [0.2, 0.25) is 0 Å². The van der Waals surface area contributed by atoms with Crippen LogP contribution in [0.4, 0.5) is 10.1 Å². The van der Waals surface area contributed by atoms with E-state index >= 15 is 0 Å². The number of halogens is 1. The van der Waals surface area contributed by atoms with Crippen LogP contribution >= 0.6 is 23.1 Å². The van der Waals surface area contributed by atoms with Gasteiger partial charge in [0, 0.05) is 23.6 Å². The number of thioether (sulfide) groups is 1. The van der Waals surface area contributed by atoms with Gasteiger partial charge in [0.15, 0.2) is 28.2 Å². The highest BCUT2D eigenvalue weighted by Crippen LogP contribution is 2.32. The molecule has 3 aromatic heterocycles. The molecule has 0 radical (unpaired) electrons. The van der Waals surface area contributed by atoms with E-state index < -0.39 is 11.7 Å². The van der Waals surface area contributed by atoms with Crippen molar-refractivity contribution in [1.29, 1.82) is 0 Å². The van der Waals surface area contributed by atoms with Crippen molar-refractivity contribution >= 4 is 50.6 Å². The first-order chi connectivity index (χ1) is 16.4. The molecular formula is C23H17FN4O4S2. The first-order valence-corrected chi connectivity index (χ1v) is 11.9. The van der Waals surface area contributed by atoms with Crippen molar-refractivity contribution in [3.63, 3.8) is 0 Å². The van der Waals surface area contributed by atoms with Gasteiger partial charge >= 0.3 is 0 Å². The minimum atomic E-state index is -0.522. The maximum Gasteiger partial charge on any atom is 0.287 e. The molecule has 11 heteroatoms. The third kappa shape index (κ3) is 4.80. The Morgan fingerprint density at radius 2 is 2.06 bits per heavy atom. The van der Waals surface area contributed by atoms with Gasteiger partial charge in [0.05, 0.1) is 15.9 Å². The maximum absolute atomic E-state index is 13.6. The summed E-state index contributed by atoms with van der Waals surface area (Å²) in [6.07, 6.45) is 0. The zero-order chi connectivity index (χ0) is 23.7. The maximum atomic E-state index is 13.6. The van der Waals surface area contributed by atoms with Crippen LogP contribution in [0.25, 0.3) is 15.9 Å². The summed E-state index contributed by atoms with van der Waals surface area (Å²) in [4.78, 5) is 33.4. The lowest BCUT2D eigenvalue weighted by atomic mass is 10.3. The summed E-state index contributed by atoms with van der Waals surface area (Å²) in [6.45, 7) is 1.45. The molecule has 0 atom stereocenters. The largest absolute Gasteiger partial charge is 0.481 e.